The SMILES string of the molecule is CCCCCCCCCC(NCC)C1CCOC1C. The highest BCUT2D eigenvalue weighted by molar-refractivity contribution is 4.84. The van der Waals surface area contributed by atoms with Gasteiger partial charge in [0, 0.05) is 18.6 Å². The summed E-state index contributed by atoms with van der Waals surface area (Å²) in [5, 5.41) is 3.69. The highest BCUT2D eigenvalue weighted by Crippen LogP contribution is 2.26. The minimum Gasteiger partial charge on any atom is -0.378 e. The van der Waals surface area contributed by atoms with Crippen molar-refractivity contribution in [2.24, 2.45) is 5.92 Å². The second-order valence-corrected chi connectivity index (χ2v) is 6.10. The number of nitrogens with one attached hydrogen (secondary N) is 1. The van der Waals surface area contributed by atoms with Gasteiger partial charge in [0.1, 0.15) is 0 Å². The molecule has 0 aromatic carbocycles. The lowest BCUT2D eigenvalue weighted by Gasteiger charge is -2.26. The minimum atomic E-state index is 0.452. The summed E-state index contributed by atoms with van der Waals surface area (Å²) in [6, 6.07) is 0.679. The molecule has 0 amide bonds. The Morgan fingerprint density at radius 1 is 1.05 bits per heavy atom. The molecule has 0 aromatic rings. The van der Waals surface area contributed by atoms with E-state index in [1.54, 1.807) is 0 Å². The van der Waals surface area contributed by atoms with E-state index in [-0.39, 0.29) is 0 Å². The van der Waals surface area contributed by atoms with Crippen LogP contribution in [-0.4, -0.2) is 25.3 Å². The maximum atomic E-state index is 5.72. The predicted molar refractivity (Wildman–Crippen MR) is 83.6 cm³/mol. The molecule has 19 heavy (non-hydrogen) atoms. The van der Waals surface area contributed by atoms with Gasteiger partial charge >= 0.3 is 0 Å². The van der Waals surface area contributed by atoms with E-state index < -0.39 is 0 Å². The van der Waals surface area contributed by atoms with Crippen LogP contribution < -0.4 is 5.32 Å². The monoisotopic (exact) mass is 269 g/mol. The summed E-state index contributed by atoms with van der Waals surface area (Å²) in [4.78, 5) is 0. The van der Waals surface area contributed by atoms with E-state index in [0.29, 0.717) is 12.1 Å². The fourth-order valence-electron chi connectivity index (χ4n) is 3.33. The van der Waals surface area contributed by atoms with Gasteiger partial charge in [0.15, 0.2) is 0 Å². The lowest BCUT2D eigenvalue weighted by atomic mass is 9.89. The first kappa shape index (κ1) is 17.0. The Bertz CT molecular complexity index is 207. The third-order valence-electron chi connectivity index (χ3n) is 4.54. The van der Waals surface area contributed by atoms with Crippen LogP contribution in [0.5, 0.6) is 0 Å². The summed E-state index contributed by atoms with van der Waals surface area (Å²) in [7, 11) is 0. The van der Waals surface area contributed by atoms with Gasteiger partial charge in [-0.2, -0.15) is 0 Å². The Labute approximate surface area is 120 Å². The third kappa shape index (κ3) is 6.76. The zero-order valence-electron chi connectivity index (χ0n) is 13.4. The van der Waals surface area contributed by atoms with Crippen LogP contribution >= 0.6 is 0 Å². The summed E-state index contributed by atoms with van der Waals surface area (Å²) < 4.78 is 5.72. The molecule has 1 rings (SSSR count). The van der Waals surface area contributed by atoms with E-state index in [2.05, 4.69) is 26.1 Å². The van der Waals surface area contributed by atoms with Crippen molar-refractivity contribution in [1.29, 1.82) is 0 Å². The Hall–Kier alpha value is -0.0800. The zero-order chi connectivity index (χ0) is 13.9. The maximum Gasteiger partial charge on any atom is 0.0590 e. The molecule has 3 unspecified atom stereocenters. The van der Waals surface area contributed by atoms with Gasteiger partial charge < -0.3 is 10.1 Å². The molecular formula is C17H35NO. The predicted octanol–water partition coefficient (Wildman–Crippen LogP) is 4.53. The molecule has 1 saturated heterocycles. The lowest BCUT2D eigenvalue weighted by Crippen LogP contribution is -2.39. The van der Waals surface area contributed by atoms with Gasteiger partial charge in [-0.3, -0.25) is 0 Å². The number of hydrogen-bond donors (Lipinski definition) is 1. The van der Waals surface area contributed by atoms with E-state index in [4.69, 9.17) is 4.74 Å². The van der Waals surface area contributed by atoms with Crippen LogP contribution in [0, 0.1) is 5.92 Å². The molecule has 1 heterocycles. The Kier molecular flexibility index (Phi) is 9.54. The molecule has 1 aliphatic heterocycles. The Morgan fingerprint density at radius 2 is 1.74 bits per heavy atom. The number of rotatable bonds is 11. The molecule has 114 valence electrons. The second kappa shape index (κ2) is 10.7. The average molecular weight is 269 g/mol. The van der Waals surface area contributed by atoms with Crippen molar-refractivity contribution in [3.05, 3.63) is 0 Å². The zero-order valence-corrected chi connectivity index (χ0v) is 13.4. The van der Waals surface area contributed by atoms with Crippen LogP contribution in [0.25, 0.3) is 0 Å². The van der Waals surface area contributed by atoms with Gasteiger partial charge in [-0.15, -0.1) is 0 Å². The second-order valence-electron chi connectivity index (χ2n) is 6.10. The van der Waals surface area contributed by atoms with Crippen LogP contribution in [0.15, 0.2) is 0 Å². The maximum absolute atomic E-state index is 5.72. The first-order valence-electron chi connectivity index (χ1n) is 8.64. The molecule has 2 heteroatoms. The number of ether oxygens (including phenoxy) is 1. The molecule has 0 radical (unpaired) electrons. The molecule has 0 saturated carbocycles. The third-order valence-corrected chi connectivity index (χ3v) is 4.54. The standard InChI is InChI=1S/C17H35NO/c1-4-6-7-8-9-10-11-12-17(18-5-2)16-13-14-19-15(16)3/h15-18H,4-14H2,1-3H3. The van der Waals surface area contributed by atoms with Crippen LogP contribution in [-0.2, 0) is 4.74 Å². The Balaban J connectivity index is 2.12. The van der Waals surface area contributed by atoms with Gasteiger partial charge in [-0.05, 0) is 26.3 Å². The first-order valence-corrected chi connectivity index (χ1v) is 8.64. The van der Waals surface area contributed by atoms with Crippen LogP contribution in [0.4, 0.5) is 0 Å². The van der Waals surface area contributed by atoms with Gasteiger partial charge in [0.25, 0.3) is 0 Å². The molecule has 0 spiro atoms. The highest BCUT2D eigenvalue weighted by atomic mass is 16.5. The molecule has 0 bridgehead atoms. The molecule has 3 atom stereocenters. The quantitative estimate of drug-likeness (QED) is 0.556. The van der Waals surface area contributed by atoms with Crippen molar-refractivity contribution in [3.8, 4) is 0 Å². The molecule has 1 N–H and O–H groups in total. The summed E-state index contributed by atoms with van der Waals surface area (Å²) in [6.45, 7) is 8.80. The van der Waals surface area contributed by atoms with E-state index in [1.165, 1.54) is 57.8 Å². The van der Waals surface area contributed by atoms with Gasteiger partial charge in [-0.25, -0.2) is 0 Å². The van der Waals surface area contributed by atoms with E-state index in [0.717, 1.165) is 19.1 Å². The molecule has 2 nitrogen and oxygen atoms in total. The van der Waals surface area contributed by atoms with E-state index in [1.807, 2.05) is 0 Å². The topological polar surface area (TPSA) is 21.3 Å². The van der Waals surface area contributed by atoms with Crippen molar-refractivity contribution in [3.63, 3.8) is 0 Å². The van der Waals surface area contributed by atoms with E-state index in [9.17, 15) is 0 Å². The average Bonchev–Trinajstić information content (AvgIpc) is 2.82. The molecule has 1 fully saturated rings. The normalized spacial score (nSPS) is 24.8. The fourth-order valence-corrected chi connectivity index (χ4v) is 3.33. The number of unbranched alkanes of at least 4 members (excludes halogenated alkanes) is 6. The van der Waals surface area contributed by atoms with E-state index >= 15 is 0 Å². The Morgan fingerprint density at radius 3 is 2.32 bits per heavy atom. The summed E-state index contributed by atoms with van der Waals surface area (Å²) >= 11 is 0. The van der Waals surface area contributed by atoms with Gasteiger partial charge in [-0.1, -0.05) is 58.8 Å². The first-order chi connectivity index (χ1) is 9.29. The highest BCUT2D eigenvalue weighted by Gasteiger charge is 2.30. The molecule has 0 aliphatic carbocycles. The number of hydrogen-bond acceptors (Lipinski definition) is 2. The van der Waals surface area contributed by atoms with Crippen LogP contribution in [0.1, 0.15) is 78.6 Å². The smallest absolute Gasteiger partial charge is 0.0590 e. The van der Waals surface area contributed by atoms with Crippen molar-refractivity contribution in [2.75, 3.05) is 13.2 Å². The summed E-state index contributed by atoms with van der Waals surface area (Å²) in [5.74, 6) is 0.736. The van der Waals surface area contributed by atoms with Gasteiger partial charge in [0.2, 0.25) is 0 Å². The molecule has 0 aromatic heterocycles. The van der Waals surface area contributed by atoms with Crippen molar-refractivity contribution < 1.29 is 4.74 Å². The minimum absolute atomic E-state index is 0.452. The summed E-state index contributed by atoms with van der Waals surface area (Å²) in [5.41, 5.74) is 0. The van der Waals surface area contributed by atoms with Crippen LogP contribution in [0.2, 0.25) is 0 Å². The van der Waals surface area contributed by atoms with Gasteiger partial charge in [0.05, 0.1) is 6.10 Å². The molecular weight excluding hydrogens is 234 g/mol. The fraction of sp³-hybridized carbons (Fsp3) is 1.00. The van der Waals surface area contributed by atoms with Crippen molar-refractivity contribution in [2.45, 2.75) is 90.7 Å². The van der Waals surface area contributed by atoms with Crippen molar-refractivity contribution >= 4 is 0 Å². The largest absolute Gasteiger partial charge is 0.378 e. The van der Waals surface area contributed by atoms with Crippen LogP contribution in [0.3, 0.4) is 0 Å². The van der Waals surface area contributed by atoms with Crippen molar-refractivity contribution in [1.82, 2.24) is 5.32 Å². The molecule has 1 aliphatic rings. The lowest BCUT2D eigenvalue weighted by molar-refractivity contribution is 0.0941. The summed E-state index contributed by atoms with van der Waals surface area (Å²) in [6.07, 6.45) is 12.9.